The third-order valence-corrected chi connectivity index (χ3v) is 1.70. The molecule has 0 bridgehead atoms. The van der Waals surface area contributed by atoms with E-state index in [1.807, 2.05) is 0 Å². The second-order valence-electron chi connectivity index (χ2n) is 3.22. The summed E-state index contributed by atoms with van der Waals surface area (Å²) in [5.41, 5.74) is 0. The van der Waals surface area contributed by atoms with Gasteiger partial charge >= 0.3 is 12.3 Å². The summed E-state index contributed by atoms with van der Waals surface area (Å²) in [6, 6.07) is 0. The highest BCUT2D eigenvalue weighted by molar-refractivity contribution is 5.84. The third kappa shape index (κ3) is 4.03. The minimum Gasteiger partial charge on any atom is -0.350 e. The van der Waals surface area contributed by atoms with Gasteiger partial charge in [-0.15, -0.1) is 0 Å². The molecule has 0 unspecified atom stereocenters. The molecule has 1 N–H and O–H groups in total. The lowest BCUT2D eigenvalue weighted by molar-refractivity contribution is -0.169. The lowest BCUT2D eigenvalue weighted by Crippen LogP contribution is -2.46. The van der Waals surface area contributed by atoms with Gasteiger partial charge in [-0.25, -0.2) is 8.78 Å². The highest BCUT2D eigenvalue weighted by Gasteiger charge is 2.48. The molecular formula is C8H12F4N2O2. The van der Waals surface area contributed by atoms with Gasteiger partial charge in [-0.2, -0.15) is 8.78 Å². The molecule has 0 saturated carbocycles. The zero-order valence-electron chi connectivity index (χ0n) is 8.77. The summed E-state index contributed by atoms with van der Waals surface area (Å²) >= 11 is 0. The number of alkyl halides is 4. The SMILES string of the molecule is CN(C)C(=O)CCNC(=O)C(F)(F)C(F)F. The van der Waals surface area contributed by atoms with Gasteiger partial charge in [0.05, 0.1) is 0 Å². The Morgan fingerprint density at radius 1 is 1.31 bits per heavy atom. The number of halogens is 4. The van der Waals surface area contributed by atoms with Crippen LogP contribution in [0.2, 0.25) is 0 Å². The zero-order chi connectivity index (χ0) is 12.9. The molecule has 0 aromatic carbocycles. The van der Waals surface area contributed by atoms with Crippen LogP contribution in [0.15, 0.2) is 0 Å². The lowest BCUT2D eigenvalue weighted by atomic mass is 10.3. The van der Waals surface area contributed by atoms with Crippen LogP contribution in [-0.2, 0) is 9.59 Å². The van der Waals surface area contributed by atoms with Crippen LogP contribution in [0.5, 0.6) is 0 Å². The molecule has 0 spiro atoms. The van der Waals surface area contributed by atoms with Crippen molar-refractivity contribution in [3.63, 3.8) is 0 Å². The molecule has 0 aromatic rings. The molecular weight excluding hydrogens is 232 g/mol. The Bertz CT molecular complexity index is 269. The van der Waals surface area contributed by atoms with Gasteiger partial charge in [-0.1, -0.05) is 0 Å². The van der Waals surface area contributed by atoms with Crippen LogP contribution in [0.3, 0.4) is 0 Å². The molecule has 0 heterocycles. The van der Waals surface area contributed by atoms with Gasteiger partial charge in [-0.05, 0) is 0 Å². The Hall–Kier alpha value is -1.34. The van der Waals surface area contributed by atoms with E-state index in [1.165, 1.54) is 19.0 Å². The maximum Gasteiger partial charge on any atom is 0.383 e. The van der Waals surface area contributed by atoms with Crippen LogP contribution in [0.4, 0.5) is 17.6 Å². The first-order valence-electron chi connectivity index (χ1n) is 4.34. The molecule has 8 heteroatoms. The summed E-state index contributed by atoms with van der Waals surface area (Å²) in [6.07, 6.45) is -4.28. The zero-order valence-corrected chi connectivity index (χ0v) is 8.77. The van der Waals surface area contributed by atoms with Crippen molar-refractivity contribution in [2.24, 2.45) is 0 Å². The summed E-state index contributed by atoms with van der Waals surface area (Å²) in [5, 5.41) is 1.57. The maximum atomic E-state index is 12.4. The van der Waals surface area contributed by atoms with E-state index in [1.54, 1.807) is 5.32 Å². The number of amides is 2. The standard InChI is InChI=1S/C8H12F4N2O2/c1-14(2)5(15)3-4-13-7(16)8(11,12)6(9)10/h6H,3-4H2,1-2H3,(H,13,16). The highest BCUT2D eigenvalue weighted by Crippen LogP contribution is 2.22. The van der Waals surface area contributed by atoms with Crippen LogP contribution in [0.1, 0.15) is 6.42 Å². The van der Waals surface area contributed by atoms with Crippen molar-refractivity contribution in [3.8, 4) is 0 Å². The molecule has 0 aliphatic carbocycles. The van der Waals surface area contributed by atoms with E-state index in [-0.39, 0.29) is 6.42 Å². The van der Waals surface area contributed by atoms with Crippen molar-refractivity contribution in [2.45, 2.75) is 18.8 Å². The molecule has 0 aliphatic heterocycles. The molecule has 0 rings (SSSR count). The van der Waals surface area contributed by atoms with E-state index in [0.29, 0.717) is 0 Å². The van der Waals surface area contributed by atoms with Gasteiger partial charge in [0.2, 0.25) is 5.91 Å². The second-order valence-corrected chi connectivity index (χ2v) is 3.22. The van der Waals surface area contributed by atoms with Crippen molar-refractivity contribution in [3.05, 3.63) is 0 Å². The number of carbonyl (C=O) groups is 2. The summed E-state index contributed by atoms with van der Waals surface area (Å²) < 4.78 is 48.1. The van der Waals surface area contributed by atoms with Crippen molar-refractivity contribution >= 4 is 11.8 Å². The molecule has 94 valence electrons. The fourth-order valence-corrected chi connectivity index (χ4v) is 0.724. The van der Waals surface area contributed by atoms with Crippen LogP contribution < -0.4 is 5.32 Å². The van der Waals surface area contributed by atoms with E-state index in [4.69, 9.17) is 0 Å². The van der Waals surface area contributed by atoms with Gasteiger partial charge in [0.25, 0.3) is 5.91 Å². The van der Waals surface area contributed by atoms with Crippen molar-refractivity contribution in [1.82, 2.24) is 10.2 Å². The lowest BCUT2D eigenvalue weighted by Gasteiger charge is -2.15. The Morgan fingerprint density at radius 3 is 2.19 bits per heavy atom. The molecule has 0 saturated heterocycles. The number of rotatable bonds is 5. The molecule has 0 fully saturated rings. The van der Waals surface area contributed by atoms with Gasteiger partial charge < -0.3 is 10.2 Å². The Labute approximate surface area is 89.6 Å². The fraction of sp³-hybridized carbons (Fsp3) is 0.750. The smallest absolute Gasteiger partial charge is 0.350 e. The average molecular weight is 244 g/mol. The highest BCUT2D eigenvalue weighted by atomic mass is 19.3. The number of hydrogen-bond donors (Lipinski definition) is 1. The average Bonchev–Trinajstić information content (AvgIpc) is 2.16. The number of carbonyl (C=O) groups excluding carboxylic acids is 2. The first-order valence-corrected chi connectivity index (χ1v) is 4.34. The number of hydrogen-bond acceptors (Lipinski definition) is 2. The third-order valence-electron chi connectivity index (χ3n) is 1.70. The molecule has 4 nitrogen and oxygen atoms in total. The predicted octanol–water partition coefficient (Wildman–Crippen LogP) is 0.481. The van der Waals surface area contributed by atoms with Gasteiger partial charge in [0.15, 0.2) is 0 Å². The largest absolute Gasteiger partial charge is 0.383 e. The van der Waals surface area contributed by atoms with Crippen molar-refractivity contribution in [1.29, 1.82) is 0 Å². The topological polar surface area (TPSA) is 49.4 Å². The van der Waals surface area contributed by atoms with E-state index in [2.05, 4.69) is 0 Å². The summed E-state index contributed by atoms with van der Waals surface area (Å²) in [6.45, 7) is -0.405. The van der Waals surface area contributed by atoms with Crippen LogP contribution >= 0.6 is 0 Å². The van der Waals surface area contributed by atoms with Crippen molar-refractivity contribution in [2.75, 3.05) is 20.6 Å². The van der Waals surface area contributed by atoms with E-state index < -0.39 is 30.7 Å². The number of nitrogens with zero attached hydrogens (tertiary/aromatic N) is 1. The quantitative estimate of drug-likeness (QED) is 0.715. The first kappa shape index (κ1) is 14.7. The Balaban J connectivity index is 4.05. The van der Waals surface area contributed by atoms with E-state index in [0.717, 1.165) is 0 Å². The molecule has 0 aromatic heterocycles. The fourth-order valence-electron chi connectivity index (χ4n) is 0.724. The monoisotopic (exact) mass is 244 g/mol. The van der Waals surface area contributed by atoms with Crippen LogP contribution in [0.25, 0.3) is 0 Å². The molecule has 2 amide bonds. The second kappa shape index (κ2) is 5.66. The van der Waals surface area contributed by atoms with Gasteiger partial charge in [0.1, 0.15) is 0 Å². The van der Waals surface area contributed by atoms with E-state index in [9.17, 15) is 27.2 Å². The molecule has 0 radical (unpaired) electrons. The Kier molecular flexibility index (Phi) is 5.19. The van der Waals surface area contributed by atoms with Crippen LogP contribution in [0, 0.1) is 0 Å². The first-order chi connectivity index (χ1) is 7.19. The van der Waals surface area contributed by atoms with Gasteiger partial charge in [-0.3, -0.25) is 9.59 Å². The Morgan fingerprint density at radius 2 is 1.81 bits per heavy atom. The van der Waals surface area contributed by atoms with E-state index >= 15 is 0 Å². The minimum absolute atomic E-state index is 0.224. The minimum atomic E-state index is -4.72. The van der Waals surface area contributed by atoms with Gasteiger partial charge in [0, 0.05) is 27.1 Å². The normalized spacial score (nSPS) is 11.4. The summed E-state index contributed by atoms with van der Waals surface area (Å²) in [7, 11) is 2.88. The van der Waals surface area contributed by atoms with Crippen molar-refractivity contribution < 1.29 is 27.2 Å². The summed E-state index contributed by atoms with van der Waals surface area (Å²) in [5.74, 6) is -7.20. The summed E-state index contributed by atoms with van der Waals surface area (Å²) in [4.78, 5) is 22.7. The molecule has 16 heavy (non-hydrogen) atoms. The molecule has 0 aliphatic rings. The predicted molar refractivity (Wildman–Crippen MR) is 47.3 cm³/mol. The van der Waals surface area contributed by atoms with Crippen LogP contribution in [-0.4, -0.2) is 49.7 Å². The molecule has 0 atom stereocenters. The maximum absolute atomic E-state index is 12.4. The number of nitrogens with one attached hydrogen (secondary N) is 1.